The lowest BCUT2D eigenvalue weighted by Crippen LogP contribution is -1.90. The average Bonchev–Trinajstić information content (AvgIpc) is 2.57. The third kappa shape index (κ3) is 1.28. The third-order valence-electron chi connectivity index (χ3n) is 1.57. The van der Waals surface area contributed by atoms with Gasteiger partial charge in [0.25, 0.3) is 0 Å². The molecule has 0 spiro atoms. The van der Waals surface area contributed by atoms with Crippen LogP contribution < -0.4 is 0 Å². The first-order valence-electron chi connectivity index (χ1n) is 3.54. The molecule has 1 heterocycles. The number of hydrogen-bond donors (Lipinski definition) is 0. The van der Waals surface area contributed by atoms with Gasteiger partial charge in [0.1, 0.15) is 0 Å². The van der Waals surface area contributed by atoms with E-state index in [-0.39, 0.29) is 0 Å². The van der Waals surface area contributed by atoms with E-state index in [0.717, 1.165) is 10.2 Å². The number of imidazole rings is 1. The number of benzene rings is 1. The molecule has 3 heteroatoms. The number of para-hydroxylation sites is 1. The lowest BCUT2D eigenvalue weighted by Gasteiger charge is -2.02. The molecule has 0 aliphatic rings. The van der Waals surface area contributed by atoms with Crippen molar-refractivity contribution >= 4 is 15.9 Å². The third-order valence-corrected chi connectivity index (χ3v) is 2.24. The molecular formula is C9H6BrN2. The van der Waals surface area contributed by atoms with Gasteiger partial charge in [-0.3, -0.25) is 4.57 Å². The highest BCUT2D eigenvalue weighted by Crippen LogP contribution is 2.19. The van der Waals surface area contributed by atoms with Gasteiger partial charge in [-0.2, -0.15) is 0 Å². The maximum Gasteiger partial charge on any atom is 0.181 e. The number of aromatic nitrogens is 2. The normalized spacial score (nSPS) is 10.1. The van der Waals surface area contributed by atoms with Crippen LogP contribution in [0.5, 0.6) is 0 Å². The predicted octanol–water partition coefficient (Wildman–Crippen LogP) is 2.43. The van der Waals surface area contributed by atoms with E-state index in [2.05, 4.69) is 27.2 Å². The van der Waals surface area contributed by atoms with Crippen molar-refractivity contribution in [2.24, 2.45) is 0 Å². The Hall–Kier alpha value is -1.09. The maximum absolute atomic E-state index is 3.86. The highest BCUT2D eigenvalue weighted by Gasteiger charge is 1.98. The first kappa shape index (κ1) is 7.55. The molecule has 1 aromatic carbocycles. The molecule has 1 radical (unpaired) electrons. The topological polar surface area (TPSA) is 17.8 Å². The summed E-state index contributed by atoms with van der Waals surface area (Å²) in [7, 11) is 0. The van der Waals surface area contributed by atoms with E-state index in [9.17, 15) is 0 Å². The lowest BCUT2D eigenvalue weighted by molar-refractivity contribution is 1.04. The summed E-state index contributed by atoms with van der Waals surface area (Å²) in [5.41, 5.74) is 1.05. The van der Waals surface area contributed by atoms with Crippen molar-refractivity contribution in [3.63, 3.8) is 0 Å². The average molecular weight is 222 g/mol. The Labute approximate surface area is 79.0 Å². The van der Waals surface area contributed by atoms with Crippen molar-refractivity contribution in [3.05, 3.63) is 47.5 Å². The minimum atomic E-state index is 1.04. The van der Waals surface area contributed by atoms with Crippen LogP contribution >= 0.6 is 15.9 Å². The van der Waals surface area contributed by atoms with Crippen molar-refractivity contribution in [1.82, 2.24) is 9.55 Å². The summed E-state index contributed by atoms with van der Waals surface area (Å²) in [5, 5.41) is 0. The van der Waals surface area contributed by atoms with Gasteiger partial charge in [0.05, 0.1) is 5.69 Å². The highest BCUT2D eigenvalue weighted by molar-refractivity contribution is 9.10. The van der Waals surface area contributed by atoms with Gasteiger partial charge in [-0.15, -0.1) is 0 Å². The van der Waals surface area contributed by atoms with E-state index < -0.39 is 0 Å². The van der Waals surface area contributed by atoms with Crippen molar-refractivity contribution in [3.8, 4) is 5.69 Å². The minimum Gasteiger partial charge on any atom is -0.296 e. The fourth-order valence-corrected chi connectivity index (χ4v) is 1.49. The summed E-state index contributed by atoms with van der Waals surface area (Å²) >= 11 is 3.45. The van der Waals surface area contributed by atoms with E-state index in [1.165, 1.54) is 0 Å². The molecule has 1 aromatic heterocycles. The largest absolute Gasteiger partial charge is 0.296 e. The Balaban J connectivity index is 2.55. The van der Waals surface area contributed by atoms with Crippen molar-refractivity contribution < 1.29 is 0 Å². The smallest absolute Gasteiger partial charge is 0.181 e. The lowest BCUT2D eigenvalue weighted by atomic mass is 10.3. The SMILES string of the molecule is Brc1ccccc1-n1[c]ncc1. The van der Waals surface area contributed by atoms with Crippen LogP contribution in [0.25, 0.3) is 5.69 Å². The first-order chi connectivity index (χ1) is 5.88. The molecule has 12 heavy (non-hydrogen) atoms. The number of hydrogen-bond acceptors (Lipinski definition) is 1. The Bertz CT molecular complexity index is 368. The Morgan fingerprint density at radius 2 is 2.17 bits per heavy atom. The van der Waals surface area contributed by atoms with E-state index in [1.807, 2.05) is 35.0 Å². The van der Waals surface area contributed by atoms with Crippen LogP contribution in [-0.4, -0.2) is 9.55 Å². The van der Waals surface area contributed by atoms with Crippen LogP contribution in [0.2, 0.25) is 0 Å². The van der Waals surface area contributed by atoms with E-state index in [0.29, 0.717) is 0 Å². The number of nitrogens with zero attached hydrogens (tertiary/aromatic N) is 2. The first-order valence-corrected chi connectivity index (χ1v) is 4.33. The van der Waals surface area contributed by atoms with Gasteiger partial charge in [-0.25, -0.2) is 4.98 Å². The van der Waals surface area contributed by atoms with Crippen LogP contribution in [0.4, 0.5) is 0 Å². The molecule has 0 bridgehead atoms. The zero-order valence-corrected chi connectivity index (χ0v) is 7.82. The molecule has 0 N–H and O–H groups in total. The molecular weight excluding hydrogens is 216 g/mol. The summed E-state index contributed by atoms with van der Waals surface area (Å²) in [5.74, 6) is 0. The Morgan fingerprint density at radius 1 is 1.33 bits per heavy atom. The summed E-state index contributed by atoms with van der Waals surface area (Å²) in [4.78, 5) is 3.86. The fourth-order valence-electron chi connectivity index (χ4n) is 1.01. The predicted molar refractivity (Wildman–Crippen MR) is 50.1 cm³/mol. The fraction of sp³-hybridized carbons (Fsp3) is 0. The van der Waals surface area contributed by atoms with E-state index >= 15 is 0 Å². The van der Waals surface area contributed by atoms with Crippen LogP contribution in [0.3, 0.4) is 0 Å². The quantitative estimate of drug-likeness (QED) is 0.724. The molecule has 0 amide bonds. The molecule has 2 aromatic rings. The standard InChI is InChI=1S/C9H6BrN2/c10-8-3-1-2-4-9(8)12-6-5-11-7-12/h1-6H. The molecule has 0 atom stereocenters. The van der Waals surface area contributed by atoms with Crippen LogP contribution in [-0.2, 0) is 0 Å². The van der Waals surface area contributed by atoms with Gasteiger partial charge in [0.15, 0.2) is 6.33 Å². The molecule has 0 aliphatic carbocycles. The number of rotatable bonds is 1. The molecule has 2 nitrogen and oxygen atoms in total. The monoisotopic (exact) mass is 221 g/mol. The van der Waals surface area contributed by atoms with Gasteiger partial charge in [-0.1, -0.05) is 12.1 Å². The minimum absolute atomic E-state index is 1.04. The molecule has 2 rings (SSSR count). The zero-order chi connectivity index (χ0) is 8.39. The van der Waals surface area contributed by atoms with Gasteiger partial charge in [0.2, 0.25) is 0 Å². The molecule has 0 aliphatic heterocycles. The summed E-state index contributed by atoms with van der Waals surface area (Å²) in [6.07, 6.45) is 6.40. The van der Waals surface area contributed by atoms with Gasteiger partial charge in [0, 0.05) is 16.9 Å². The zero-order valence-electron chi connectivity index (χ0n) is 6.24. The molecule has 0 unspecified atom stereocenters. The molecule has 59 valence electrons. The second-order valence-corrected chi connectivity index (χ2v) is 3.20. The Kier molecular flexibility index (Phi) is 1.96. The second-order valence-electron chi connectivity index (χ2n) is 2.35. The van der Waals surface area contributed by atoms with Gasteiger partial charge < -0.3 is 0 Å². The Morgan fingerprint density at radius 3 is 2.83 bits per heavy atom. The van der Waals surface area contributed by atoms with Gasteiger partial charge in [-0.05, 0) is 28.1 Å². The second kappa shape index (κ2) is 3.11. The molecule has 0 saturated carbocycles. The summed E-state index contributed by atoms with van der Waals surface area (Å²) in [6, 6.07) is 7.95. The van der Waals surface area contributed by atoms with Gasteiger partial charge >= 0.3 is 0 Å². The van der Waals surface area contributed by atoms with E-state index in [4.69, 9.17) is 0 Å². The number of halogens is 1. The summed E-state index contributed by atoms with van der Waals surface area (Å²) < 4.78 is 2.88. The van der Waals surface area contributed by atoms with Crippen molar-refractivity contribution in [2.45, 2.75) is 0 Å². The maximum atomic E-state index is 3.86. The van der Waals surface area contributed by atoms with Crippen molar-refractivity contribution in [1.29, 1.82) is 0 Å². The summed E-state index contributed by atoms with van der Waals surface area (Å²) in [6.45, 7) is 0. The van der Waals surface area contributed by atoms with Crippen LogP contribution in [0.1, 0.15) is 0 Å². The van der Waals surface area contributed by atoms with Crippen LogP contribution in [0, 0.1) is 6.33 Å². The highest BCUT2D eigenvalue weighted by atomic mass is 79.9. The van der Waals surface area contributed by atoms with Crippen molar-refractivity contribution in [2.75, 3.05) is 0 Å². The molecule has 0 saturated heterocycles. The van der Waals surface area contributed by atoms with Crippen LogP contribution in [0.15, 0.2) is 41.1 Å². The molecule has 0 fully saturated rings. The van der Waals surface area contributed by atoms with E-state index in [1.54, 1.807) is 6.20 Å².